The van der Waals surface area contributed by atoms with Crippen molar-refractivity contribution in [2.75, 3.05) is 0 Å². The highest BCUT2D eigenvalue weighted by atomic mass is 16.4. The summed E-state index contributed by atoms with van der Waals surface area (Å²) in [5, 5.41) is 14.1. The minimum Gasteiger partial charge on any atom is -0.409 e. The first-order valence-electron chi connectivity index (χ1n) is 6.11. The SMILES string of the molecule is Cc1nccc(CNC(=O)c2ccc(C(N)=NO)cn2)n1. The van der Waals surface area contributed by atoms with Gasteiger partial charge in [0.25, 0.3) is 5.91 Å². The van der Waals surface area contributed by atoms with E-state index in [1.807, 2.05) is 0 Å². The number of carbonyl (C=O) groups is 1. The van der Waals surface area contributed by atoms with Crippen molar-refractivity contribution in [3.05, 3.63) is 53.4 Å². The fourth-order valence-corrected chi connectivity index (χ4v) is 1.60. The van der Waals surface area contributed by atoms with Crippen molar-refractivity contribution >= 4 is 11.7 Å². The summed E-state index contributed by atoms with van der Waals surface area (Å²) in [7, 11) is 0. The summed E-state index contributed by atoms with van der Waals surface area (Å²) < 4.78 is 0. The molecular weight excluding hydrogens is 272 g/mol. The molecule has 0 saturated carbocycles. The van der Waals surface area contributed by atoms with E-state index >= 15 is 0 Å². The Bertz CT molecular complexity index is 669. The normalized spacial score (nSPS) is 11.2. The fraction of sp³-hybridized carbons (Fsp3) is 0.154. The van der Waals surface area contributed by atoms with E-state index in [1.54, 1.807) is 25.3 Å². The molecule has 108 valence electrons. The summed E-state index contributed by atoms with van der Waals surface area (Å²) in [6.45, 7) is 2.06. The number of aryl methyl sites for hydroxylation is 1. The lowest BCUT2D eigenvalue weighted by Crippen LogP contribution is -2.24. The Balaban J connectivity index is 2.00. The molecule has 21 heavy (non-hydrogen) atoms. The van der Waals surface area contributed by atoms with Gasteiger partial charge in [-0.3, -0.25) is 9.78 Å². The molecule has 0 unspecified atom stereocenters. The first-order valence-corrected chi connectivity index (χ1v) is 6.11. The number of pyridine rings is 1. The maximum Gasteiger partial charge on any atom is 0.270 e. The van der Waals surface area contributed by atoms with Crippen LogP contribution in [-0.4, -0.2) is 31.9 Å². The van der Waals surface area contributed by atoms with Crippen molar-refractivity contribution in [2.45, 2.75) is 13.5 Å². The molecule has 1 amide bonds. The number of nitrogens with two attached hydrogens (primary N) is 1. The van der Waals surface area contributed by atoms with Gasteiger partial charge in [-0.05, 0) is 25.1 Å². The van der Waals surface area contributed by atoms with E-state index in [2.05, 4.69) is 25.4 Å². The maximum atomic E-state index is 11.9. The number of nitrogens with one attached hydrogen (secondary N) is 1. The van der Waals surface area contributed by atoms with Crippen LogP contribution in [0.25, 0.3) is 0 Å². The molecule has 2 aromatic rings. The molecule has 0 aliphatic carbocycles. The summed E-state index contributed by atoms with van der Waals surface area (Å²) in [6.07, 6.45) is 2.99. The van der Waals surface area contributed by atoms with Crippen molar-refractivity contribution in [2.24, 2.45) is 10.9 Å². The van der Waals surface area contributed by atoms with E-state index in [-0.39, 0.29) is 24.0 Å². The second-order valence-electron chi connectivity index (χ2n) is 4.20. The van der Waals surface area contributed by atoms with Crippen molar-refractivity contribution in [3.63, 3.8) is 0 Å². The van der Waals surface area contributed by atoms with Crippen LogP contribution in [0.3, 0.4) is 0 Å². The minimum absolute atomic E-state index is 0.0640. The molecule has 0 saturated heterocycles. The van der Waals surface area contributed by atoms with E-state index in [0.29, 0.717) is 17.1 Å². The van der Waals surface area contributed by atoms with Gasteiger partial charge in [-0.15, -0.1) is 0 Å². The predicted octanol–water partition coefficient (Wildman–Crippen LogP) is 0.205. The largest absolute Gasteiger partial charge is 0.409 e. The lowest BCUT2D eigenvalue weighted by atomic mass is 10.2. The van der Waals surface area contributed by atoms with Crippen LogP contribution in [0.15, 0.2) is 35.7 Å². The van der Waals surface area contributed by atoms with Crippen molar-refractivity contribution in [1.82, 2.24) is 20.3 Å². The molecule has 0 aliphatic rings. The van der Waals surface area contributed by atoms with Gasteiger partial charge < -0.3 is 16.3 Å². The molecule has 0 fully saturated rings. The van der Waals surface area contributed by atoms with Gasteiger partial charge >= 0.3 is 0 Å². The summed E-state index contributed by atoms with van der Waals surface area (Å²) >= 11 is 0. The maximum absolute atomic E-state index is 11.9. The number of hydrogen-bond acceptors (Lipinski definition) is 6. The van der Waals surface area contributed by atoms with Crippen molar-refractivity contribution < 1.29 is 10.0 Å². The number of oxime groups is 1. The smallest absolute Gasteiger partial charge is 0.270 e. The summed E-state index contributed by atoms with van der Waals surface area (Å²) in [4.78, 5) is 24.0. The van der Waals surface area contributed by atoms with Crippen LogP contribution in [-0.2, 0) is 6.54 Å². The zero-order valence-corrected chi connectivity index (χ0v) is 11.3. The standard InChI is InChI=1S/C13H14N6O2/c1-8-15-5-4-10(18-8)7-17-13(20)11-3-2-9(6-16-11)12(14)19-21/h2-6,21H,7H2,1H3,(H2,14,19)(H,17,20). The Morgan fingerprint density at radius 2 is 2.19 bits per heavy atom. The van der Waals surface area contributed by atoms with Crippen LogP contribution in [0.1, 0.15) is 27.6 Å². The predicted molar refractivity (Wildman–Crippen MR) is 74.7 cm³/mol. The molecule has 0 bridgehead atoms. The molecule has 0 radical (unpaired) electrons. The highest BCUT2D eigenvalue weighted by Crippen LogP contribution is 2.01. The highest BCUT2D eigenvalue weighted by Gasteiger charge is 2.08. The van der Waals surface area contributed by atoms with Gasteiger partial charge in [-0.2, -0.15) is 0 Å². The van der Waals surface area contributed by atoms with Gasteiger partial charge in [0.05, 0.1) is 12.2 Å². The Kier molecular flexibility index (Phi) is 4.39. The first-order chi connectivity index (χ1) is 10.1. The number of amidine groups is 1. The van der Waals surface area contributed by atoms with Gasteiger partial charge in [0, 0.05) is 18.0 Å². The average Bonchev–Trinajstić information content (AvgIpc) is 2.52. The highest BCUT2D eigenvalue weighted by molar-refractivity contribution is 5.98. The molecule has 0 atom stereocenters. The third kappa shape index (κ3) is 3.72. The van der Waals surface area contributed by atoms with Crippen molar-refractivity contribution in [1.29, 1.82) is 0 Å². The van der Waals surface area contributed by atoms with E-state index in [9.17, 15) is 4.79 Å². The van der Waals surface area contributed by atoms with Gasteiger partial charge in [-0.1, -0.05) is 5.16 Å². The molecule has 2 rings (SSSR count). The second kappa shape index (κ2) is 6.42. The van der Waals surface area contributed by atoms with Gasteiger partial charge in [0.1, 0.15) is 11.5 Å². The number of carbonyl (C=O) groups excluding carboxylic acids is 1. The number of aromatic nitrogens is 3. The Hall–Kier alpha value is -3.03. The Morgan fingerprint density at radius 1 is 1.38 bits per heavy atom. The van der Waals surface area contributed by atoms with E-state index in [1.165, 1.54) is 12.3 Å². The Labute approximate surface area is 120 Å². The quantitative estimate of drug-likeness (QED) is 0.319. The fourth-order valence-electron chi connectivity index (χ4n) is 1.60. The molecule has 2 heterocycles. The first kappa shape index (κ1) is 14.4. The monoisotopic (exact) mass is 286 g/mol. The molecule has 0 spiro atoms. The molecular formula is C13H14N6O2. The van der Waals surface area contributed by atoms with Crippen LogP contribution < -0.4 is 11.1 Å². The van der Waals surface area contributed by atoms with E-state index < -0.39 is 0 Å². The molecule has 2 aromatic heterocycles. The zero-order valence-electron chi connectivity index (χ0n) is 11.3. The van der Waals surface area contributed by atoms with E-state index in [0.717, 1.165) is 0 Å². The molecule has 8 heteroatoms. The number of rotatable bonds is 4. The van der Waals surface area contributed by atoms with Crippen LogP contribution in [0.4, 0.5) is 0 Å². The summed E-state index contributed by atoms with van der Waals surface area (Å²) in [5.74, 6) is 0.242. The number of nitrogens with zero attached hydrogens (tertiary/aromatic N) is 4. The van der Waals surface area contributed by atoms with Crippen LogP contribution in [0.2, 0.25) is 0 Å². The second-order valence-corrected chi connectivity index (χ2v) is 4.20. The molecule has 0 aliphatic heterocycles. The topological polar surface area (TPSA) is 126 Å². The van der Waals surface area contributed by atoms with Crippen molar-refractivity contribution in [3.8, 4) is 0 Å². The van der Waals surface area contributed by atoms with Crippen LogP contribution in [0.5, 0.6) is 0 Å². The molecule has 0 aromatic carbocycles. The Morgan fingerprint density at radius 3 is 2.81 bits per heavy atom. The molecule has 4 N–H and O–H groups in total. The number of hydrogen-bond donors (Lipinski definition) is 3. The average molecular weight is 286 g/mol. The van der Waals surface area contributed by atoms with Crippen LogP contribution in [0, 0.1) is 6.92 Å². The van der Waals surface area contributed by atoms with E-state index in [4.69, 9.17) is 10.9 Å². The lowest BCUT2D eigenvalue weighted by molar-refractivity contribution is 0.0945. The van der Waals surface area contributed by atoms with Gasteiger partial charge in [0.2, 0.25) is 0 Å². The third-order valence-corrected chi connectivity index (χ3v) is 2.66. The van der Waals surface area contributed by atoms with Gasteiger partial charge in [-0.25, -0.2) is 9.97 Å². The number of amides is 1. The lowest BCUT2D eigenvalue weighted by Gasteiger charge is -2.05. The summed E-state index contributed by atoms with van der Waals surface area (Å²) in [5.41, 5.74) is 6.79. The third-order valence-electron chi connectivity index (χ3n) is 2.66. The molecule has 8 nitrogen and oxygen atoms in total. The van der Waals surface area contributed by atoms with Gasteiger partial charge in [0.15, 0.2) is 5.84 Å². The zero-order chi connectivity index (χ0) is 15.2. The minimum atomic E-state index is -0.336. The van der Waals surface area contributed by atoms with Crippen LogP contribution >= 0.6 is 0 Å². The summed E-state index contributed by atoms with van der Waals surface area (Å²) in [6, 6.07) is 4.77.